The first-order valence-corrected chi connectivity index (χ1v) is 9.49. The van der Waals surface area contributed by atoms with E-state index in [0.29, 0.717) is 56.2 Å². The van der Waals surface area contributed by atoms with Crippen molar-refractivity contribution in [2.75, 3.05) is 18.0 Å². The van der Waals surface area contributed by atoms with Crippen molar-refractivity contribution in [1.29, 1.82) is 0 Å². The van der Waals surface area contributed by atoms with Gasteiger partial charge in [-0.1, -0.05) is 0 Å². The molecule has 1 fully saturated rings. The standard InChI is InChI=1S/C20H21F2N5O2/c1-23-11-17-12-24-20(29-17)26-6-3-13(4-7-26)19(28)27-18(2-5-25-27)14-8-15(21)10-16(22)9-14/h5,8-10,12-13,18H,1-4,6-7,11H2/t18-/m0/s1. The van der Waals surface area contributed by atoms with E-state index in [2.05, 4.69) is 21.8 Å². The monoisotopic (exact) mass is 401 g/mol. The van der Waals surface area contributed by atoms with Crippen LogP contribution in [0.3, 0.4) is 0 Å². The number of rotatable bonds is 5. The molecule has 1 saturated heterocycles. The minimum Gasteiger partial charge on any atom is -0.427 e. The van der Waals surface area contributed by atoms with Gasteiger partial charge in [0.1, 0.15) is 17.4 Å². The second-order valence-corrected chi connectivity index (χ2v) is 7.19. The highest BCUT2D eigenvalue weighted by Gasteiger charge is 2.35. The largest absolute Gasteiger partial charge is 0.427 e. The van der Waals surface area contributed by atoms with E-state index in [1.807, 2.05) is 4.90 Å². The quantitative estimate of drug-likeness (QED) is 0.721. The number of nitrogens with zero attached hydrogens (tertiary/aromatic N) is 5. The lowest BCUT2D eigenvalue weighted by molar-refractivity contribution is -0.138. The second kappa shape index (κ2) is 8.10. The lowest BCUT2D eigenvalue weighted by atomic mass is 9.94. The maximum Gasteiger partial charge on any atom is 0.297 e. The third kappa shape index (κ3) is 4.03. The number of hydrogen-bond acceptors (Lipinski definition) is 6. The summed E-state index contributed by atoms with van der Waals surface area (Å²) in [5, 5.41) is 5.55. The molecule has 3 heterocycles. The van der Waals surface area contributed by atoms with Gasteiger partial charge in [0.05, 0.1) is 18.8 Å². The normalized spacial score (nSPS) is 19.7. The molecule has 1 aromatic heterocycles. The predicted octanol–water partition coefficient (Wildman–Crippen LogP) is 3.33. The number of piperidine rings is 1. The molecule has 152 valence electrons. The maximum atomic E-state index is 13.6. The van der Waals surface area contributed by atoms with Gasteiger partial charge in [-0.25, -0.2) is 18.8 Å². The zero-order valence-electron chi connectivity index (χ0n) is 15.8. The summed E-state index contributed by atoms with van der Waals surface area (Å²) in [6, 6.07) is 3.36. The summed E-state index contributed by atoms with van der Waals surface area (Å²) in [6.45, 7) is 5.05. The number of anilines is 1. The fourth-order valence-corrected chi connectivity index (χ4v) is 3.80. The Morgan fingerprint density at radius 1 is 1.24 bits per heavy atom. The summed E-state index contributed by atoms with van der Waals surface area (Å²) in [7, 11) is 0. The van der Waals surface area contributed by atoms with Gasteiger partial charge in [-0.05, 0) is 37.3 Å². The van der Waals surface area contributed by atoms with E-state index < -0.39 is 17.7 Å². The summed E-state index contributed by atoms with van der Waals surface area (Å²) in [6.07, 6.45) is 4.91. The van der Waals surface area contributed by atoms with Crippen molar-refractivity contribution in [1.82, 2.24) is 9.99 Å². The van der Waals surface area contributed by atoms with Crippen LogP contribution in [0.1, 0.15) is 36.6 Å². The molecule has 9 heteroatoms. The molecule has 0 radical (unpaired) electrons. The number of amides is 1. The molecule has 0 bridgehead atoms. The second-order valence-electron chi connectivity index (χ2n) is 7.19. The molecule has 2 aromatic rings. The van der Waals surface area contributed by atoms with Crippen molar-refractivity contribution in [3.05, 3.63) is 47.4 Å². The molecule has 0 N–H and O–H groups in total. The first-order chi connectivity index (χ1) is 14.0. The van der Waals surface area contributed by atoms with Crippen LogP contribution in [0.15, 0.2) is 38.9 Å². The number of aliphatic imine (C=N–C) groups is 1. The van der Waals surface area contributed by atoms with Crippen LogP contribution in [0.2, 0.25) is 0 Å². The van der Waals surface area contributed by atoms with E-state index in [-0.39, 0.29) is 11.8 Å². The molecule has 0 spiro atoms. The minimum absolute atomic E-state index is 0.128. The van der Waals surface area contributed by atoms with Gasteiger partial charge in [-0.15, -0.1) is 0 Å². The predicted molar refractivity (Wildman–Crippen MR) is 104 cm³/mol. The molecule has 0 aliphatic carbocycles. The molecule has 2 aliphatic rings. The number of carbonyl (C=O) groups is 1. The Hall–Kier alpha value is -3.10. The summed E-state index contributed by atoms with van der Waals surface area (Å²) in [4.78, 5) is 23.1. The molecule has 29 heavy (non-hydrogen) atoms. The van der Waals surface area contributed by atoms with E-state index in [9.17, 15) is 13.6 Å². The zero-order chi connectivity index (χ0) is 20.4. The van der Waals surface area contributed by atoms with Gasteiger partial charge in [0.25, 0.3) is 6.01 Å². The van der Waals surface area contributed by atoms with Gasteiger partial charge in [0, 0.05) is 37.7 Å². The van der Waals surface area contributed by atoms with Crippen molar-refractivity contribution in [3.8, 4) is 0 Å². The third-order valence-corrected chi connectivity index (χ3v) is 5.25. The summed E-state index contributed by atoms with van der Waals surface area (Å²) in [5.41, 5.74) is 0.411. The summed E-state index contributed by atoms with van der Waals surface area (Å²) in [5.74, 6) is -1.03. The number of benzene rings is 1. The van der Waals surface area contributed by atoms with Gasteiger partial charge in [-0.2, -0.15) is 5.10 Å². The molecule has 1 atom stereocenters. The third-order valence-electron chi connectivity index (χ3n) is 5.25. The fourth-order valence-electron chi connectivity index (χ4n) is 3.80. The average molecular weight is 401 g/mol. The lowest BCUT2D eigenvalue weighted by Gasteiger charge is -2.33. The van der Waals surface area contributed by atoms with Crippen LogP contribution in [0.4, 0.5) is 14.8 Å². The summed E-state index contributed by atoms with van der Waals surface area (Å²) >= 11 is 0. The molecule has 1 amide bonds. The number of halogens is 2. The molecule has 7 nitrogen and oxygen atoms in total. The summed E-state index contributed by atoms with van der Waals surface area (Å²) < 4.78 is 32.9. The Balaban J connectivity index is 1.40. The SMILES string of the molecule is C=NCc1cnc(N2CCC(C(=O)N3N=CC[C@H]3c3cc(F)cc(F)c3)CC2)o1. The van der Waals surface area contributed by atoms with Gasteiger partial charge in [-0.3, -0.25) is 9.79 Å². The Morgan fingerprint density at radius 3 is 2.66 bits per heavy atom. The van der Waals surface area contributed by atoms with Crippen molar-refractivity contribution in [2.45, 2.75) is 31.8 Å². The Morgan fingerprint density at radius 2 is 1.97 bits per heavy atom. The van der Waals surface area contributed by atoms with Crippen molar-refractivity contribution >= 4 is 24.9 Å². The van der Waals surface area contributed by atoms with E-state index in [0.717, 1.165) is 6.07 Å². The molecule has 0 saturated carbocycles. The van der Waals surface area contributed by atoms with E-state index in [1.54, 1.807) is 12.4 Å². The van der Waals surface area contributed by atoms with E-state index in [1.165, 1.54) is 17.1 Å². The van der Waals surface area contributed by atoms with Crippen LogP contribution in [0.25, 0.3) is 0 Å². The highest BCUT2D eigenvalue weighted by molar-refractivity contribution is 5.82. The van der Waals surface area contributed by atoms with Crippen LogP contribution in [0, 0.1) is 17.6 Å². The fraction of sp³-hybridized carbons (Fsp3) is 0.400. The number of hydrogen-bond donors (Lipinski definition) is 0. The molecule has 0 unspecified atom stereocenters. The average Bonchev–Trinajstić information content (AvgIpc) is 3.37. The lowest BCUT2D eigenvalue weighted by Crippen LogP contribution is -2.41. The number of oxazole rings is 1. The molecular weight excluding hydrogens is 380 g/mol. The van der Waals surface area contributed by atoms with E-state index in [4.69, 9.17) is 4.42 Å². The molecule has 1 aromatic carbocycles. The first kappa shape index (κ1) is 19.2. The van der Waals surface area contributed by atoms with Gasteiger partial charge in [0.15, 0.2) is 0 Å². The Labute approximate surface area is 166 Å². The molecular formula is C20H21F2N5O2. The van der Waals surface area contributed by atoms with Crippen molar-refractivity contribution in [3.63, 3.8) is 0 Å². The van der Waals surface area contributed by atoms with E-state index >= 15 is 0 Å². The Bertz CT molecular complexity index is 916. The number of aromatic nitrogens is 1. The molecule has 4 rings (SSSR count). The first-order valence-electron chi connectivity index (χ1n) is 9.49. The van der Waals surface area contributed by atoms with Gasteiger partial charge < -0.3 is 9.32 Å². The van der Waals surface area contributed by atoms with Crippen LogP contribution in [0.5, 0.6) is 0 Å². The minimum atomic E-state index is -0.662. The van der Waals surface area contributed by atoms with Crippen LogP contribution < -0.4 is 4.90 Å². The maximum absolute atomic E-state index is 13.6. The number of hydrazone groups is 1. The molecule has 2 aliphatic heterocycles. The Kier molecular flexibility index (Phi) is 5.37. The topological polar surface area (TPSA) is 74.3 Å². The smallest absolute Gasteiger partial charge is 0.297 e. The van der Waals surface area contributed by atoms with Crippen molar-refractivity contribution in [2.24, 2.45) is 16.0 Å². The van der Waals surface area contributed by atoms with Gasteiger partial charge in [0.2, 0.25) is 5.91 Å². The van der Waals surface area contributed by atoms with Crippen LogP contribution in [-0.2, 0) is 11.3 Å². The number of carbonyl (C=O) groups excluding carboxylic acids is 1. The highest BCUT2D eigenvalue weighted by atomic mass is 19.1. The highest BCUT2D eigenvalue weighted by Crippen LogP contribution is 2.33. The van der Waals surface area contributed by atoms with Crippen LogP contribution in [-0.4, -0.2) is 41.9 Å². The van der Waals surface area contributed by atoms with Crippen molar-refractivity contribution < 1.29 is 18.0 Å². The van der Waals surface area contributed by atoms with Crippen LogP contribution >= 0.6 is 0 Å². The zero-order valence-corrected chi connectivity index (χ0v) is 15.8. The van der Waals surface area contributed by atoms with Gasteiger partial charge >= 0.3 is 0 Å².